The van der Waals surface area contributed by atoms with E-state index in [0.29, 0.717) is 17.7 Å². The van der Waals surface area contributed by atoms with Crippen LogP contribution in [0.25, 0.3) is 0 Å². The standard InChI is InChI=1S/C21H22F3N3O2/c1-29-19-12-15-13(11-18(19)27-7-5-25-6-8-27)9-14(20(15)28)10-17-16(21(22,23)24)3-2-4-26-17/h2-4,11-12,14,25H,5-10H2,1H3. The number of nitrogens with one attached hydrogen (secondary N) is 1. The third kappa shape index (κ3) is 3.81. The number of piperazine rings is 1. The number of rotatable bonds is 4. The predicted molar refractivity (Wildman–Crippen MR) is 103 cm³/mol. The van der Waals surface area contributed by atoms with Crippen LogP contribution in [0.3, 0.4) is 0 Å². The van der Waals surface area contributed by atoms with Crippen molar-refractivity contribution in [2.75, 3.05) is 38.2 Å². The number of Topliss-reactive ketones (excluding diaryl/α,β-unsaturated/α-hetero) is 1. The number of carbonyl (C=O) groups is 1. The predicted octanol–water partition coefficient (Wildman–Crippen LogP) is 3.12. The van der Waals surface area contributed by atoms with Gasteiger partial charge >= 0.3 is 6.18 Å². The molecule has 5 nitrogen and oxygen atoms in total. The third-order valence-electron chi connectivity index (χ3n) is 5.60. The van der Waals surface area contributed by atoms with Crippen LogP contribution in [-0.4, -0.2) is 44.1 Å². The Kier molecular flexibility index (Phi) is 5.21. The van der Waals surface area contributed by atoms with Crippen LogP contribution in [0, 0.1) is 5.92 Å². The van der Waals surface area contributed by atoms with Crippen molar-refractivity contribution >= 4 is 11.5 Å². The normalized spacial score (nSPS) is 19.4. The molecule has 1 atom stereocenters. The fourth-order valence-electron chi connectivity index (χ4n) is 4.16. The number of halogens is 3. The van der Waals surface area contributed by atoms with E-state index in [1.807, 2.05) is 6.07 Å². The quantitative estimate of drug-likeness (QED) is 0.847. The van der Waals surface area contributed by atoms with Gasteiger partial charge in [0.2, 0.25) is 0 Å². The molecule has 29 heavy (non-hydrogen) atoms. The number of pyridine rings is 1. The summed E-state index contributed by atoms with van der Waals surface area (Å²) < 4.78 is 45.4. The van der Waals surface area contributed by atoms with E-state index in [0.717, 1.165) is 43.5 Å². The Bertz CT molecular complexity index is 924. The van der Waals surface area contributed by atoms with E-state index in [4.69, 9.17) is 4.74 Å². The van der Waals surface area contributed by atoms with E-state index in [9.17, 15) is 18.0 Å². The number of carbonyl (C=O) groups excluding carboxylic acids is 1. The molecule has 2 aliphatic rings. The molecule has 0 bridgehead atoms. The summed E-state index contributed by atoms with van der Waals surface area (Å²) in [7, 11) is 1.56. The highest BCUT2D eigenvalue weighted by atomic mass is 19.4. The minimum absolute atomic E-state index is 0.0333. The van der Waals surface area contributed by atoms with Gasteiger partial charge in [-0.3, -0.25) is 9.78 Å². The fraction of sp³-hybridized carbons (Fsp3) is 0.429. The molecule has 2 heterocycles. The summed E-state index contributed by atoms with van der Waals surface area (Å²) in [5.41, 5.74) is 1.47. The average Bonchev–Trinajstić information content (AvgIpc) is 3.02. The Labute approximate surface area is 166 Å². The van der Waals surface area contributed by atoms with Gasteiger partial charge in [-0.25, -0.2) is 0 Å². The zero-order chi connectivity index (χ0) is 20.6. The molecule has 1 aromatic carbocycles. The number of hydrogen-bond donors (Lipinski definition) is 1. The number of hydrogen-bond acceptors (Lipinski definition) is 5. The summed E-state index contributed by atoms with van der Waals surface area (Å²) in [5.74, 6) is -0.0821. The van der Waals surface area contributed by atoms with Crippen molar-refractivity contribution in [1.29, 1.82) is 0 Å². The van der Waals surface area contributed by atoms with Gasteiger partial charge in [0.1, 0.15) is 5.75 Å². The maximum atomic E-state index is 13.3. The van der Waals surface area contributed by atoms with Crippen molar-refractivity contribution < 1.29 is 22.7 Å². The minimum Gasteiger partial charge on any atom is -0.495 e. The lowest BCUT2D eigenvalue weighted by Crippen LogP contribution is -2.43. The van der Waals surface area contributed by atoms with Crippen LogP contribution in [0.2, 0.25) is 0 Å². The number of alkyl halides is 3. The number of anilines is 1. The van der Waals surface area contributed by atoms with E-state index in [1.54, 1.807) is 13.2 Å². The molecule has 0 radical (unpaired) electrons. The largest absolute Gasteiger partial charge is 0.495 e. The van der Waals surface area contributed by atoms with Crippen LogP contribution in [0.4, 0.5) is 18.9 Å². The first kappa shape index (κ1) is 19.7. The molecule has 2 aromatic rings. The molecular formula is C21H22F3N3O2. The zero-order valence-electron chi connectivity index (χ0n) is 16.1. The number of nitrogens with zero attached hydrogens (tertiary/aromatic N) is 2. The van der Waals surface area contributed by atoms with Crippen LogP contribution in [0.1, 0.15) is 27.2 Å². The summed E-state index contributed by atoms with van der Waals surface area (Å²) >= 11 is 0. The maximum absolute atomic E-state index is 13.3. The lowest BCUT2D eigenvalue weighted by Gasteiger charge is -2.31. The SMILES string of the molecule is COc1cc2c(cc1N1CCNCC1)CC(Cc1ncccc1C(F)(F)F)C2=O. The molecule has 154 valence electrons. The van der Waals surface area contributed by atoms with E-state index in [-0.39, 0.29) is 17.9 Å². The molecule has 1 N–H and O–H groups in total. The minimum atomic E-state index is -4.49. The average molecular weight is 405 g/mol. The molecular weight excluding hydrogens is 383 g/mol. The van der Waals surface area contributed by atoms with E-state index in [2.05, 4.69) is 15.2 Å². The fourth-order valence-corrected chi connectivity index (χ4v) is 4.16. The molecule has 0 amide bonds. The number of fused-ring (bicyclic) bond motifs is 1. The second kappa shape index (κ2) is 7.67. The van der Waals surface area contributed by atoms with Crippen LogP contribution >= 0.6 is 0 Å². The number of methoxy groups -OCH3 is 1. The van der Waals surface area contributed by atoms with Gasteiger partial charge in [-0.15, -0.1) is 0 Å². The molecule has 1 unspecified atom stereocenters. The highest BCUT2D eigenvalue weighted by molar-refractivity contribution is 6.03. The molecule has 0 spiro atoms. The van der Waals surface area contributed by atoms with Crippen LogP contribution in [0.5, 0.6) is 5.75 Å². The van der Waals surface area contributed by atoms with Gasteiger partial charge in [-0.2, -0.15) is 13.2 Å². The lowest BCUT2D eigenvalue weighted by atomic mass is 9.96. The van der Waals surface area contributed by atoms with Crippen molar-refractivity contribution in [3.63, 3.8) is 0 Å². The van der Waals surface area contributed by atoms with Crippen LogP contribution in [-0.2, 0) is 19.0 Å². The Balaban J connectivity index is 1.62. The van der Waals surface area contributed by atoms with Crippen molar-refractivity contribution in [2.45, 2.75) is 19.0 Å². The van der Waals surface area contributed by atoms with Crippen molar-refractivity contribution in [3.05, 3.63) is 52.8 Å². The van der Waals surface area contributed by atoms with Gasteiger partial charge in [-0.1, -0.05) is 0 Å². The van der Waals surface area contributed by atoms with Gasteiger partial charge in [0.25, 0.3) is 0 Å². The molecule has 1 fully saturated rings. The first-order valence-electron chi connectivity index (χ1n) is 9.60. The van der Waals surface area contributed by atoms with Gasteiger partial charge < -0.3 is 15.0 Å². The number of benzene rings is 1. The second-order valence-electron chi connectivity index (χ2n) is 7.38. The summed E-state index contributed by atoms with van der Waals surface area (Å²) in [6.07, 6.45) is -2.78. The zero-order valence-corrected chi connectivity index (χ0v) is 16.1. The first-order valence-corrected chi connectivity index (χ1v) is 9.60. The molecule has 4 rings (SSSR count). The van der Waals surface area contributed by atoms with Crippen molar-refractivity contribution in [2.24, 2.45) is 5.92 Å². The summed E-state index contributed by atoms with van der Waals surface area (Å²) in [6, 6.07) is 5.97. The van der Waals surface area contributed by atoms with Gasteiger partial charge in [0, 0.05) is 50.3 Å². The smallest absolute Gasteiger partial charge is 0.418 e. The summed E-state index contributed by atoms with van der Waals surface area (Å²) in [6.45, 7) is 3.38. The summed E-state index contributed by atoms with van der Waals surface area (Å²) in [5, 5.41) is 3.30. The molecule has 0 saturated carbocycles. The number of ether oxygens (including phenoxy) is 1. The Morgan fingerprint density at radius 1 is 1.28 bits per heavy atom. The van der Waals surface area contributed by atoms with Gasteiger partial charge in [0.05, 0.1) is 24.1 Å². The van der Waals surface area contributed by atoms with Crippen molar-refractivity contribution in [3.8, 4) is 5.75 Å². The van der Waals surface area contributed by atoms with Gasteiger partial charge in [0.15, 0.2) is 5.78 Å². The van der Waals surface area contributed by atoms with Gasteiger partial charge in [-0.05, 0) is 36.2 Å². The topological polar surface area (TPSA) is 54.5 Å². The lowest BCUT2D eigenvalue weighted by molar-refractivity contribution is -0.138. The molecule has 1 aliphatic heterocycles. The Morgan fingerprint density at radius 3 is 2.72 bits per heavy atom. The Hall–Kier alpha value is -2.61. The number of aromatic nitrogens is 1. The summed E-state index contributed by atoms with van der Waals surface area (Å²) in [4.78, 5) is 19.1. The molecule has 1 aromatic heterocycles. The monoisotopic (exact) mass is 405 g/mol. The number of ketones is 1. The van der Waals surface area contributed by atoms with Crippen molar-refractivity contribution in [1.82, 2.24) is 10.3 Å². The highest BCUT2D eigenvalue weighted by Gasteiger charge is 2.37. The van der Waals surface area contributed by atoms with Crippen LogP contribution < -0.4 is 15.0 Å². The maximum Gasteiger partial charge on any atom is 0.418 e. The first-order chi connectivity index (χ1) is 13.9. The second-order valence-corrected chi connectivity index (χ2v) is 7.38. The highest BCUT2D eigenvalue weighted by Crippen LogP contribution is 2.39. The molecule has 1 saturated heterocycles. The Morgan fingerprint density at radius 2 is 2.03 bits per heavy atom. The molecule has 8 heteroatoms. The van der Waals surface area contributed by atoms with E-state index in [1.165, 1.54) is 12.3 Å². The third-order valence-corrected chi connectivity index (χ3v) is 5.60. The molecule has 1 aliphatic carbocycles. The van der Waals surface area contributed by atoms with E-state index >= 15 is 0 Å². The van der Waals surface area contributed by atoms with E-state index < -0.39 is 17.7 Å². The van der Waals surface area contributed by atoms with Crippen LogP contribution in [0.15, 0.2) is 30.5 Å².